The number of fused-ring (bicyclic) bond motifs is 1. The zero-order valence-corrected chi connectivity index (χ0v) is 20.4. The minimum absolute atomic E-state index is 0. The van der Waals surface area contributed by atoms with E-state index in [1.807, 2.05) is 20.8 Å². The number of hydrogen-bond donors (Lipinski definition) is 2. The van der Waals surface area contributed by atoms with Gasteiger partial charge >= 0.3 is 0 Å². The summed E-state index contributed by atoms with van der Waals surface area (Å²) < 4.78 is 31.5. The van der Waals surface area contributed by atoms with Crippen LogP contribution in [-0.2, 0) is 17.3 Å². The van der Waals surface area contributed by atoms with Crippen LogP contribution in [-0.4, -0.2) is 33.8 Å². The van der Waals surface area contributed by atoms with Crippen LogP contribution >= 0.6 is 24.0 Å². The normalized spacial score (nSPS) is 20.9. The topological polar surface area (TPSA) is 66.6 Å². The van der Waals surface area contributed by atoms with Crippen LogP contribution in [0.25, 0.3) is 11.0 Å². The molecule has 8 heteroatoms. The maximum atomic E-state index is 13.5. The molecule has 1 aliphatic rings. The molecule has 3 atom stereocenters. The molecule has 1 saturated carbocycles. The average molecular weight is 535 g/mol. The second-order valence-corrected chi connectivity index (χ2v) is 9.29. The van der Waals surface area contributed by atoms with Gasteiger partial charge in [-0.15, -0.1) is 24.0 Å². The first-order chi connectivity index (χ1) is 13.5. The van der Waals surface area contributed by atoms with Crippen molar-refractivity contribution >= 4 is 51.7 Å². The smallest absolute Gasteiger partial charge is 0.191 e. The van der Waals surface area contributed by atoms with Gasteiger partial charge in [0.15, 0.2) is 5.96 Å². The van der Waals surface area contributed by atoms with Gasteiger partial charge in [0.1, 0.15) is 23.7 Å². The Morgan fingerprint density at radius 3 is 2.86 bits per heavy atom. The van der Waals surface area contributed by atoms with Crippen LogP contribution in [0.2, 0.25) is 0 Å². The molecule has 0 bridgehead atoms. The van der Waals surface area contributed by atoms with Crippen LogP contribution in [0.5, 0.6) is 0 Å². The predicted octanol–water partition coefficient (Wildman–Crippen LogP) is 4.63. The van der Waals surface area contributed by atoms with Crippen LogP contribution in [0.1, 0.15) is 50.9 Å². The van der Waals surface area contributed by atoms with Gasteiger partial charge in [-0.25, -0.2) is 9.38 Å². The van der Waals surface area contributed by atoms with Gasteiger partial charge in [0.05, 0.1) is 0 Å². The first-order valence-corrected chi connectivity index (χ1v) is 11.5. The molecule has 2 N–H and O–H groups in total. The van der Waals surface area contributed by atoms with E-state index in [1.165, 1.54) is 12.1 Å². The summed E-state index contributed by atoms with van der Waals surface area (Å²) in [4.78, 5) is 4.68. The molecule has 162 valence electrons. The fraction of sp³-hybridized carbons (Fsp3) is 0.571. The summed E-state index contributed by atoms with van der Waals surface area (Å²) in [5.41, 5.74) is 1.60. The number of furan rings is 1. The number of benzene rings is 1. The van der Waals surface area contributed by atoms with Crippen molar-refractivity contribution in [3.05, 3.63) is 35.3 Å². The molecule has 0 amide bonds. The lowest BCUT2D eigenvalue weighted by atomic mass is 9.95. The Labute approximate surface area is 191 Å². The number of rotatable bonds is 6. The largest absolute Gasteiger partial charge is 0.459 e. The molecular formula is C21H31FIN3O2S. The standard InChI is InChI=1S/C21H30FN3O2S.HI/c1-4-23-21(25-16-7-6-8-17(12-16)28(26)5-2)24-13-20-14(3)18-11-15(22)9-10-19(18)27-20;/h9-11,16-17H,4-8,12-13H2,1-3H3,(H2,23,24,25);1H. The molecule has 1 aromatic carbocycles. The average Bonchev–Trinajstić information content (AvgIpc) is 3.01. The number of aryl methyl sites for hydroxylation is 1. The minimum Gasteiger partial charge on any atom is -0.459 e. The Morgan fingerprint density at radius 2 is 2.14 bits per heavy atom. The summed E-state index contributed by atoms with van der Waals surface area (Å²) in [6.07, 6.45) is 4.10. The highest BCUT2D eigenvalue weighted by Gasteiger charge is 2.26. The van der Waals surface area contributed by atoms with Crippen molar-refractivity contribution < 1.29 is 13.0 Å². The SMILES string of the molecule is CCNC(=NCc1oc2ccc(F)cc2c1C)NC1CCCC(S(=O)CC)C1.I. The Hall–Kier alpha value is -1.16. The van der Waals surface area contributed by atoms with E-state index >= 15 is 0 Å². The number of nitrogens with zero attached hydrogens (tertiary/aromatic N) is 1. The highest BCUT2D eigenvalue weighted by atomic mass is 127. The van der Waals surface area contributed by atoms with Gasteiger partial charge < -0.3 is 15.1 Å². The number of nitrogens with one attached hydrogen (secondary N) is 2. The predicted molar refractivity (Wildman–Crippen MR) is 129 cm³/mol. The summed E-state index contributed by atoms with van der Waals surface area (Å²) >= 11 is 0. The molecule has 0 saturated heterocycles. The van der Waals surface area contributed by atoms with E-state index in [0.29, 0.717) is 12.1 Å². The molecule has 1 aromatic heterocycles. The van der Waals surface area contributed by atoms with Crippen LogP contribution in [0.3, 0.4) is 0 Å². The van der Waals surface area contributed by atoms with E-state index in [0.717, 1.165) is 60.7 Å². The monoisotopic (exact) mass is 535 g/mol. The van der Waals surface area contributed by atoms with E-state index in [1.54, 1.807) is 6.07 Å². The van der Waals surface area contributed by atoms with Gasteiger partial charge in [0, 0.05) is 45.3 Å². The summed E-state index contributed by atoms with van der Waals surface area (Å²) in [7, 11) is -0.746. The molecule has 2 aromatic rings. The molecule has 5 nitrogen and oxygen atoms in total. The van der Waals surface area contributed by atoms with Crippen LogP contribution in [0, 0.1) is 12.7 Å². The number of hydrogen-bond acceptors (Lipinski definition) is 3. The number of guanidine groups is 1. The van der Waals surface area contributed by atoms with Crippen LogP contribution in [0.15, 0.2) is 27.6 Å². The summed E-state index contributed by atoms with van der Waals surface area (Å²) in [5.74, 6) is 1.93. The molecular weight excluding hydrogens is 504 g/mol. The van der Waals surface area contributed by atoms with Gasteiger partial charge in [-0.1, -0.05) is 13.3 Å². The molecule has 3 rings (SSSR count). The third kappa shape index (κ3) is 6.16. The Balaban J connectivity index is 0.00000300. The van der Waals surface area contributed by atoms with Crippen molar-refractivity contribution in [1.82, 2.24) is 10.6 Å². The minimum atomic E-state index is -0.746. The lowest BCUT2D eigenvalue weighted by Crippen LogP contribution is -2.46. The summed E-state index contributed by atoms with van der Waals surface area (Å²) in [6.45, 7) is 7.09. The molecule has 3 unspecified atom stereocenters. The molecule has 0 spiro atoms. The lowest BCUT2D eigenvalue weighted by Gasteiger charge is -2.30. The maximum absolute atomic E-state index is 13.5. The highest BCUT2D eigenvalue weighted by Crippen LogP contribution is 2.27. The quantitative estimate of drug-likeness (QED) is 0.322. The third-order valence-corrected chi connectivity index (χ3v) is 7.09. The molecule has 1 aliphatic carbocycles. The second kappa shape index (κ2) is 11.3. The Morgan fingerprint density at radius 1 is 1.34 bits per heavy atom. The zero-order valence-electron chi connectivity index (χ0n) is 17.3. The lowest BCUT2D eigenvalue weighted by molar-refractivity contribution is 0.413. The highest BCUT2D eigenvalue weighted by molar-refractivity contribution is 14.0. The van der Waals surface area contributed by atoms with Crippen LogP contribution < -0.4 is 10.6 Å². The van der Waals surface area contributed by atoms with E-state index < -0.39 is 10.8 Å². The van der Waals surface area contributed by atoms with Crippen molar-refractivity contribution in [2.75, 3.05) is 12.3 Å². The second-order valence-electron chi connectivity index (χ2n) is 7.29. The Kier molecular flexibility index (Phi) is 9.39. The number of halogens is 2. The molecule has 1 fully saturated rings. The van der Waals surface area contributed by atoms with E-state index in [2.05, 4.69) is 15.6 Å². The zero-order chi connectivity index (χ0) is 20.1. The number of aliphatic imine (C=N–C) groups is 1. The van der Waals surface area contributed by atoms with Gasteiger partial charge in [-0.2, -0.15) is 0 Å². The van der Waals surface area contributed by atoms with Gasteiger partial charge in [-0.05, 0) is 51.3 Å². The van der Waals surface area contributed by atoms with Gasteiger partial charge in [0.2, 0.25) is 0 Å². The van der Waals surface area contributed by atoms with Crippen LogP contribution in [0.4, 0.5) is 4.39 Å². The summed E-state index contributed by atoms with van der Waals surface area (Å²) in [5, 5.41) is 7.85. The Bertz CT molecular complexity index is 871. The van der Waals surface area contributed by atoms with E-state index in [4.69, 9.17) is 4.42 Å². The van der Waals surface area contributed by atoms with Crippen molar-refractivity contribution in [3.8, 4) is 0 Å². The first-order valence-electron chi connectivity index (χ1n) is 10.1. The first kappa shape index (κ1) is 24.1. The maximum Gasteiger partial charge on any atom is 0.191 e. The van der Waals surface area contributed by atoms with Gasteiger partial charge in [0.25, 0.3) is 0 Å². The van der Waals surface area contributed by atoms with Crippen molar-refractivity contribution in [2.45, 2.75) is 64.3 Å². The summed E-state index contributed by atoms with van der Waals surface area (Å²) in [6, 6.07) is 4.84. The third-order valence-electron chi connectivity index (χ3n) is 5.35. The molecule has 1 heterocycles. The van der Waals surface area contributed by atoms with Crippen molar-refractivity contribution in [1.29, 1.82) is 0 Å². The molecule has 0 aliphatic heterocycles. The van der Waals surface area contributed by atoms with Crippen molar-refractivity contribution in [2.24, 2.45) is 4.99 Å². The van der Waals surface area contributed by atoms with Crippen molar-refractivity contribution in [3.63, 3.8) is 0 Å². The molecule has 0 radical (unpaired) electrons. The molecule has 29 heavy (non-hydrogen) atoms. The van der Waals surface area contributed by atoms with E-state index in [9.17, 15) is 8.60 Å². The fourth-order valence-electron chi connectivity index (χ4n) is 3.81. The van der Waals surface area contributed by atoms with E-state index in [-0.39, 0.29) is 41.1 Å². The van der Waals surface area contributed by atoms with Gasteiger partial charge in [-0.3, -0.25) is 4.21 Å². The fourth-order valence-corrected chi connectivity index (χ4v) is 5.16.